The van der Waals surface area contributed by atoms with Gasteiger partial charge in [0.25, 0.3) is 0 Å². The number of nitriles is 1. The van der Waals surface area contributed by atoms with E-state index in [0.717, 1.165) is 12.2 Å². The first-order chi connectivity index (χ1) is 5.77. The predicted octanol–water partition coefficient (Wildman–Crippen LogP) is 1.32. The van der Waals surface area contributed by atoms with Gasteiger partial charge >= 0.3 is 0 Å². The van der Waals surface area contributed by atoms with Gasteiger partial charge in [0.15, 0.2) is 0 Å². The van der Waals surface area contributed by atoms with Gasteiger partial charge in [-0.1, -0.05) is 0 Å². The molecule has 0 fully saturated rings. The Labute approximate surface area is 71.6 Å². The Morgan fingerprint density at radius 1 is 1.67 bits per heavy atom. The number of pyridine rings is 1. The molecule has 0 aliphatic heterocycles. The predicted molar refractivity (Wildman–Crippen MR) is 46.5 cm³/mol. The smallest absolute Gasteiger partial charge is 0.223 e. The van der Waals surface area contributed by atoms with Crippen LogP contribution in [0.25, 0.3) is 0 Å². The summed E-state index contributed by atoms with van der Waals surface area (Å²) in [4.78, 5) is 3.92. The van der Waals surface area contributed by atoms with Crippen molar-refractivity contribution in [3.05, 3.63) is 24.0 Å². The van der Waals surface area contributed by atoms with E-state index >= 15 is 0 Å². The second kappa shape index (κ2) is 3.63. The van der Waals surface area contributed by atoms with Gasteiger partial charge in [-0.2, -0.15) is 5.26 Å². The van der Waals surface area contributed by atoms with Crippen molar-refractivity contribution < 1.29 is 4.58 Å². The van der Waals surface area contributed by atoms with Crippen LogP contribution >= 0.6 is 0 Å². The maximum atomic E-state index is 8.48. The molecule has 60 valence electrons. The molecule has 0 unspecified atom stereocenters. The molecular weight excluding hydrogens is 150 g/mol. The first kappa shape index (κ1) is 8.41. The third-order valence-corrected chi connectivity index (χ3v) is 1.61. The normalized spacial score (nSPS) is 9.00. The van der Waals surface area contributed by atoms with Crippen molar-refractivity contribution in [3.8, 4) is 6.07 Å². The zero-order valence-corrected chi connectivity index (χ0v) is 6.99. The summed E-state index contributed by atoms with van der Waals surface area (Å²) < 4.78 is 1.81. The molecule has 0 saturated heterocycles. The van der Waals surface area contributed by atoms with Crippen molar-refractivity contribution in [3.63, 3.8) is 0 Å². The van der Waals surface area contributed by atoms with Crippen molar-refractivity contribution in [1.29, 1.82) is 5.26 Å². The topological polar surface area (TPSA) is 39.7 Å². The lowest BCUT2D eigenvalue weighted by atomic mass is 10.3. The summed E-state index contributed by atoms with van der Waals surface area (Å²) in [5, 5.41) is 8.48. The number of rotatable bonds is 2. The fraction of sp³-hybridized carbons (Fsp3) is 0.222. The SMILES string of the molecule is C=[N+](CC)c1ccc(C#N)nc1. The highest BCUT2D eigenvalue weighted by Crippen LogP contribution is 2.08. The molecule has 3 heteroatoms. The second-order valence-electron chi connectivity index (χ2n) is 2.37. The van der Waals surface area contributed by atoms with E-state index in [1.807, 2.05) is 23.6 Å². The van der Waals surface area contributed by atoms with Gasteiger partial charge in [-0.05, 0) is 13.0 Å². The van der Waals surface area contributed by atoms with E-state index in [1.165, 1.54) is 0 Å². The molecule has 0 amide bonds. The van der Waals surface area contributed by atoms with E-state index < -0.39 is 0 Å². The summed E-state index contributed by atoms with van der Waals surface area (Å²) in [5.74, 6) is 0. The highest BCUT2D eigenvalue weighted by molar-refractivity contribution is 5.34. The quantitative estimate of drug-likeness (QED) is 0.483. The first-order valence-electron chi connectivity index (χ1n) is 3.72. The Kier molecular flexibility index (Phi) is 2.54. The zero-order chi connectivity index (χ0) is 8.97. The van der Waals surface area contributed by atoms with E-state index in [-0.39, 0.29) is 0 Å². The molecule has 0 bridgehead atoms. The maximum Gasteiger partial charge on any atom is 0.223 e. The highest BCUT2D eigenvalue weighted by Gasteiger charge is 2.02. The lowest BCUT2D eigenvalue weighted by molar-refractivity contribution is -0.426. The number of aromatic nitrogens is 1. The molecule has 12 heavy (non-hydrogen) atoms. The molecule has 0 spiro atoms. The van der Waals surface area contributed by atoms with Gasteiger partial charge in [0.1, 0.15) is 25.0 Å². The molecule has 0 atom stereocenters. The molecule has 0 radical (unpaired) electrons. The standard InChI is InChI=1S/C9H10N3/c1-3-12(2)9-5-4-8(6-10)11-7-9/h4-5,7H,2-3H2,1H3/q+1. The molecule has 0 saturated carbocycles. The van der Waals surface area contributed by atoms with Crippen LogP contribution in [-0.2, 0) is 0 Å². The molecule has 0 aliphatic carbocycles. The monoisotopic (exact) mass is 160 g/mol. The van der Waals surface area contributed by atoms with E-state index in [9.17, 15) is 0 Å². The Balaban J connectivity index is 2.94. The van der Waals surface area contributed by atoms with Gasteiger partial charge in [0.2, 0.25) is 5.69 Å². The fourth-order valence-electron chi connectivity index (χ4n) is 0.822. The molecule has 0 N–H and O–H groups in total. The summed E-state index contributed by atoms with van der Waals surface area (Å²) >= 11 is 0. The van der Waals surface area contributed by atoms with E-state index in [0.29, 0.717) is 5.69 Å². The van der Waals surface area contributed by atoms with Gasteiger partial charge in [-0.25, -0.2) is 9.56 Å². The summed E-state index contributed by atoms with van der Waals surface area (Å²) in [6, 6.07) is 5.48. The molecule has 1 rings (SSSR count). The average Bonchev–Trinajstić information content (AvgIpc) is 2.17. The van der Waals surface area contributed by atoms with Crippen LogP contribution < -0.4 is 0 Å². The largest absolute Gasteiger partial charge is 0.239 e. The summed E-state index contributed by atoms with van der Waals surface area (Å²) in [7, 11) is 0. The van der Waals surface area contributed by atoms with Crippen LogP contribution in [0.2, 0.25) is 0 Å². The fourth-order valence-corrected chi connectivity index (χ4v) is 0.822. The van der Waals surface area contributed by atoms with Crippen LogP contribution in [0.3, 0.4) is 0 Å². The lowest BCUT2D eigenvalue weighted by Crippen LogP contribution is -2.00. The molecule has 1 aromatic heterocycles. The minimum absolute atomic E-state index is 0.434. The van der Waals surface area contributed by atoms with Crippen molar-refractivity contribution in [1.82, 2.24) is 4.98 Å². The summed E-state index contributed by atoms with van der Waals surface area (Å²) in [5.41, 5.74) is 1.36. The first-order valence-corrected chi connectivity index (χ1v) is 3.72. The number of hydrogen-bond donors (Lipinski definition) is 0. The van der Waals surface area contributed by atoms with Gasteiger partial charge in [-0.3, -0.25) is 0 Å². The Morgan fingerprint density at radius 3 is 2.83 bits per heavy atom. The average molecular weight is 160 g/mol. The maximum absolute atomic E-state index is 8.48. The molecular formula is C9H10N3+. The summed E-state index contributed by atoms with van der Waals surface area (Å²) in [6.45, 7) is 6.62. The van der Waals surface area contributed by atoms with Crippen LogP contribution in [0.4, 0.5) is 5.69 Å². The molecule has 1 heterocycles. The van der Waals surface area contributed by atoms with Crippen molar-refractivity contribution in [2.24, 2.45) is 0 Å². The van der Waals surface area contributed by atoms with E-state index in [2.05, 4.69) is 11.7 Å². The van der Waals surface area contributed by atoms with E-state index in [4.69, 9.17) is 5.26 Å². The van der Waals surface area contributed by atoms with Crippen molar-refractivity contribution >= 4 is 12.4 Å². The molecule has 1 aromatic rings. The minimum atomic E-state index is 0.434. The number of hydrogen-bond acceptors (Lipinski definition) is 2. The van der Waals surface area contributed by atoms with E-state index in [1.54, 1.807) is 12.3 Å². The summed E-state index contributed by atoms with van der Waals surface area (Å²) in [6.07, 6.45) is 1.65. The second-order valence-corrected chi connectivity index (χ2v) is 2.37. The van der Waals surface area contributed by atoms with Crippen LogP contribution in [0.15, 0.2) is 18.3 Å². The van der Waals surface area contributed by atoms with Gasteiger partial charge in [-0.15, -0.1) is 0 Å². The lowest BCUT2D eigenvalue weighted by Gasteiger charge is -1.95. The molecule has 3 nitrogen and oxygen atoms in total. The zero-order valence-electron chi connectivity index (χ0n) is 6.99. The van der Waals surface area contributed by atoms with Gasteiger partial charge in [0.05, 0.1) is 6.20 Å². The molecule has 0 aromatic carbocycles. The molecule has 0 aliphatic rings. The highest BCUT2D eigenvalue weighted by atomic mass is 15.0. The Bertz CT molecular complexity index is 319. The van der Waals surface area contributed by atoms with Crippen molar-refractivity contribution in [2.75, 3.05) is 6.54 Å². The van der Waals surface area contributed by atoms with Crippen molar-refractivity contribution in [2.45, 2.75) is 6.92 Å². The number of nitrogens with zero attached hydrogens (tertiary/aromatic N) is 3. The van der Waals surface area contributed by atoms with Crippen LogP contribution in [0.5, 0.6) is 0 Å². The third-order valence-electron chi connectivity index (χ3n) is 1.61. The van der Waals surface area contributed by atoms with Crippen LogP contribution in [0.1, 0.15) is 12.6 Å². The van der Waals surface area contributed by atoms with Gasteiger partial charge in [0, 0.05) is 6.07 Å². The Hall–Kier alpha value is -1.69. The van der Waals surface area contributed by atoms with Gasteiger partial charge < -0.3 is 0 Å². The van der Waals surface area contributed by atoms with Crippen LogP contribution in [0, 0.1) is 11.3 Å². The minimum Gasteiger partial charge on any atom is -0.239 e. The van der Waals surface area contributed by atoms with Crippen LogP contribution in [-0.4, -0.2) is 22.8 Å². The third kappa shape index (κ3) is 1.67. The Morgan fingerprint density at radius 2 is 2.42 bits per heavy atom.